The standard InChI is InChI=1S/C21H20N4O/c1-20(2)14-8-4-5-9-17(14)25(3)21(20)12-24-18-15(22)11-16-13(19(18)26-21)7-6-10-23-16/h4-12H,22H2,1-3H3. The SMILES string of the molecule is CN1c2ccccc2C(C)(C)C12C=Nc1c(N)cc3ncccc3c1O2. The molecule has 1 atom stereocenters. The number of anilines is 2. The van der Waals surface area contributed by atoms with Crippen LogP contribution < -0.4 is 15.4 Å². The van der Waals surface area contributed by atoms with Gasteiger partial charge < -0.3 is 15.4 Å². The third-order valence-corrected chi connectivity index (χ3v) is 5.82. The van der Waals surface area contributed by atoms with E-state index in [-0.39, 0.29) is 5.41 Å². The molecule has 1 aromatic heterocycles. The smallest absolute Gasteiger partial charge is 0.228 e. The first-order valence-corrected chi connectivity index (χ1v) is 8.70. The van der Waals surface area contributed by atoms with Crippen LogP contribution in [0.15, 0.2) is 53.7 Å². The first-order valence-electron chi connectivity index (χ1n) is 8.70. The van der Waals surface area contributed by atoms with Gasteiger partial charge in [-0.25, -0.2) is 4.99 Å². The Morgan fingerprint density at radius 2 is 1.92 bits per heavy atom. The van der Waals surface area contributed by atoms with Gasteiger partial charge in [-0.2, -0.15) is 0 Å². The Morgan fingerprint density at radius 3 is 2.73 bits per heavy atom. The number of nitrogen functional groups attached to an aromatic ring is 1. The largest absolute Gasteiger partial charge is 0.459 e. The van der Waals surface area contributed by atoms with Crippen LogP contribution in [0.1, 0.15) is 19.4 Å². The molecule has 3 heterocycles. The van der Waals surface area contributed by atoms with Gasteiger partial charge >= 0.3 is 0 Å². The summed E-state index contributed by atoms with van der Waals surface area (Å²) in [6.07, 6.45) is 3.66. The molecule has 3 aromatic rings. The second kappa shape index (κ2) is 4.75. The zero-order valence-corrected chi connectivity index (χ0v) is 15.0. The fourth-order valence-electron chi connectivity index (χ4n) is 4.30. The van der Waals surface area contributed by atoms with Crippen LogP contribution in [0.4, 0.5) is 17.1 Å². The Kier molecular flexibility index (Phi) is 2.78. The van der Waals surface area contributed by atoms with Crippen molar-refractivity contribution in [1.29, 1.82) is 0 Å². The predicted octanol–water partition coefficient (Wildman–Crippen LogP) is 4.04. The van der Waals surface area contributed by atoms with E-state index in [4.69, 9.17) is 15.5 Å². The number of fused-ring (bicyclic) bond motifs is 4. The van der Waals surface area contributed by atoms with Crippen LogP contribution in [0.2, 0.25) is 0 Å². The van der Waals surface area contributed by atoms with E-state index in [0.717, 1.165) is 16.6 Å². The van der Waals surface area contributed by atoms with Gasteiger partial charge in [-0.15, -0.1) is 0 Å². The number of nitrogens with zero attached hydrogens (tertiary/aromatic N) is 3. The van der Waals surface area contributed by atoms with Crippen LogP contribution in [0.5, 0.6) is 5.75 Å². The van der Waals surface area contributed by atoms with Gasteiger partial charge in [-0.1, -0.05) is 18.2 Å². The van der Waals surface area contributed by atoms with Crippen molar-refractivity contribution in [3.63, 3.8) is 0 Å². The highest BCUT2D eigenvalue weighted by Crippen LogP contribution is 2.55. The summed E-state index contributed by atoms with van der Waals surface area (Å²) >= 11 is 0. The van der Waals surface area contributed by atoms with Gasteiger partial charge in [0.05, 0.1) is 22.8 Å². The molecular weight excluding hydrogens is 324 g/mol. The summed E-state index contributed by atoms with van der Waals surface area (Å²) in [5.74, 6) is 0.698. The van der Waals surface area contributed by atoms with E-state index in [9.17, 15) is 0 Å². The highest BCUT2D eigenvalue weighted by Gasteiger charge is 2.58. The van der Waals surface area contributed by atoms with Crippen LogP contribution in [0, 0.1) is 0 Å². The maximum Gasteiger partial charge on any atom is 0.228 e. The van der Waals surface area contributed by atoms with Gasteiger partial charge in [0.2, 0.25) is 5.72 Å². The molecule has 2 aliphatic rings. The number of aliphatic imine (C=N–C) groups is 1. The van der Waals surface area contributed by atoms with E-state index in [1.807, 2.05) is 24.4 Å². The number of hydrogen-bond acceptors (Lipinski definition) is 5. The minimum atomic E-state index is -0.722. The molecule has 0 saturated heterocycles. The molecule has 5 nitrogen and oxygen atoms in total. The van der Waals surface area contributed by atoms with Crippen molar-refractivity contribution in [2.75, 3.05) is 17.7 Å². The average Bonchev–Trinajstić information content (AvgIpc) is 2.81. The molecule has 1 spiro atoms. The molecule has 0 amide bonds. The lowest BCUT2D eigenvalue weighted by Gasteiger charge is -2.45. The summed E-state index contributed by atoms with van der Waals surface area (Å²) in [5.41, 5.74) is 9.68. The van der Waals surface area contributed by atoms with E-state index in [2.05, 4.69) is 55.0 Å². The molecule has 0 fully saturated rings. The number of pyridine rings is 1. The van der Waals surface area contributed by atoms with Gasteiger partial charge in [-0.3, -0.25) is 4.98 Å². The number of ether oxygens (including phenoxy) is 1. The summed E-state index contributed by atoms with van der Waals surface area (Å²) in [6.45, 7) is 4.39. The Morgan fingerprint density at radius 1 is 1.12 bits per heavy atom. The summed E-state index contributed by atoms with van der Waals surface area (Å²) < 4.78 is 6.74. The normalized spacial score (nSPS) is 22.3. The summed E-state index contributed by atoms with van der Waals surface area (Å²) in [4.78, 5) is 11.4. The number of likely N-dealkylation sites (N-methyl/N-ethyl adjacent to an activating group) is 1. The van der Waals surface area contributed by atoms with Gasteiger partial charge in [-0.05, 0) is 43.7 Å². The first-order chi connectivity index (χ1) is 12.5. The number of benzene rings is 2. The van der Waals surface area contributed by atoms with Gasteiger partial charge in [0.25, 0.3) is 0 Å². The zero-order chi connectivity index (χ0) is 18.1. The molecule has 0 radical (unpaired) electrons. The molecule has 2 aliphatic heterocycles. The van der Waals surface area contributed by atoms with Gasteiger partial charge in [0.15, 0.2) is 5.75 Å². The first kappa shape index (κ1) is 15.2. The fraction of sp³-hybridized carbons (Fsp3) is 0.238. The van der Waals surface area contributed by atoms with Crippen molar-refractivity contribution in [1.82, 2.24) is 4.98 Å². The van der Waals surface area contributed by atoms with E-state index in [1.54, 1.807) is 6.20 Å². The van der Waals surface area contributed by atoms with Crippen molar-refractivity contribution >= 4 is 34.2 Å². The lowest BCUT2D eigenvalue weighted by Crippen LogP contribution is -2.61. The lowest BCUT2D eigenvalue weighted by atomic mass is 9.77. The van der Waals surface area contributed by atoms with E-state index >= 15 is 0 Å². The van der Waals surface area contributed by atoms with Crippen molar-refractivity contribution in [2.45, 2.75) is 25.0 Å². The van der Waals surface area contributed by atoms with Crippen molar-refractivity contribution in [2.24, 2.45) is 4.99 Å². The number of para-hydroxylation sites is 1. The maximum absolute atomic E-state index is 6.74. The highest BCUT2D eigenvalue weighted by molar-refractivity contribution is 6.00. The van der Waals surface area contributed by atoms with Crippen molar-refractivity contribution in [3.05, 3.63) is 54.2 Å². The van der Waals surface area contributed by atoms with Gasteiger partial charge in [0, 0.05) is 24.3 Å². The molecule has 130 valence electrons. The van der Waals surface area contributed by atoms with Crippen molar-refractivity contribution < 1.29 is 4.74 Å². The van der Waals surface area contributed by atoms with E-state index in [1.165, 1.54) is 5.56 Å². The molecular formula is C21H20N4O. The Hall–Kier alpha value is -3.08. The second-order valence-electron chi connectivity index (χ2n) is 7.47. The number of hydrogen-bond donors (Lipinski definition) is 1. The quantitative estimate of drug-likeness (QED) is 0.625. The molecule has 26 heavy (non-hydrogen) atoms. The topological polar surface area (TPSA) is 63.7 Å². The van der Waals surface area contributed by atoms with E-state index in [0.29, 0.717) is 17.1 Å². The molecule has 0 saturated carbocycles. The third-order valence-electron chi connectivity index (χ3n) is 5.82. The second-order valence-corrected chi connectivity index (χ2v) is 7.47. The zero-order valence-electron chi connectivity index (χ0n) is 15.0. The molecule has 2 N–H and O–H groups in total. The van der Waals surface area contributed by atoms with Crippen LogP contribution in [0.25, 0.3) is 10.9 Å². The maximum atomic E-state index is 6.74. The fourth-order valence-corrected chi connectivity index (χ4v) is 4.30. The molecule has 5 rings (SSSR count). The number of aromatic nitrogens is 1. The Balaban J connectivity index is 1.78. The van der Waals surface area contributed by atoms with Crippen molar-refractivity contribution in [3.8, 4) is 5.75 Å². The molecule has 0 bridgehead atoms. The minimum Gasteiger partial charge on any atom is -0.459 e. The molecule has 0 aliphatic carbocycles. The molecule has 1 unspecified atom stereocenters. The van der Waals surface area contributed by atoms with Crippen LogP contribution >= 0.6 is 0 Å². The Bertz CT molecular complexity index is 1090. The third kappa shape index (κ3) is 1.65. The molecule has 5 heteroatoms. The lowest BCUT2D eigenvalue weighted by molar-refractivity contribution is 0.0843. The van der Waals surface area contributed by atoms with E-state index < -0.39 is 5.72 Å². The predicted molar refractivity (Wildman–Crippen MR) is 106 cm³/mol. The van der Waals surface area contributed by atoms with Crippen LogP contribution in [-0.2, 0) is 5.41 Å². The van der Waals surface area contributed by atoms with Gasteiger partial charge in [0.1, 0.15) is 5.69 Å². The average molecular weight is 344 g/mol. The van der Waals surface area contributed by atoms with Crippen LogP contribution in [0.3, 0.4) is 0 Å². The Labute approximate surface area is 152 Å². The van der Waals surface area contributed by atoms with Crippen LogP contribution in [-0.4, -0.2) is 24.0 Å². The summed E-state index contributed by atoms with van der Waals surface area (Å²) in [7, 11) is 2.05. The number of nitrogens with two attached hydrogens (primary N) is 1. The summed E-state index contributed by atoms with van der Waals surface area (Å²) in [6, 6.07) is 14.2. The summed E-state index contributed by atoms with van der Waals surface area (Å²) in [5, 5.41) is 0.924. The highest BCUT2D eigenvalue weighted by atomic mass is 16.5. The monoisotopic (exact) mass is 344 g/mol. The number of rotatable bonds is 0. The minimum absolute atomic E-state index is 0.293. The molecule has 2 aromatic carbocycles.